The quantitative estimate of drug-likeness (QED) is 0.676. The molecule has 0 spiro atoms. The van der Waals surface area contributed by atoms with Crippen molar-refractivity contribution in [3.63, 3.8) is 0 Å². The van der Waals surface area contributed by atoms with Crippen LogP contribution < -0.4 is 5.73 Å². The van der Waals surface area contributed by atoms with Gasteiger partial charge in [-0.25, -0.2) is 0 Å². The molecular formula is C11H16BrClN2O2. The minimum atomic E-state index is -0.407. The minimum Gasteiger partial charge on any atom is -0.324 e. The first-order valence-corrected chi connectivity index (χ1v) is 5.90. The molecule has 1 rings (SSSR count). The van der Waals surface area contributed by atoms with Crippen LogP contribution in [0.15, 0.2) is 22.7 Å². The fourth-order valence-corrected chi connectivity index (χ4v) is 1.94. The molecule has 0 unspecified atom stereocenters. The molecule has 2 N–H and O–H groups in total. The maximum Gasteiger partial charge on any atom is 0.283 e. The molecular weight excluding hydrogens is 307 g/mol. The predicted molar refractivity (Wildman–Crippen MR) is 74.4 cm³/mol. The number of nitro groups is 1. The molecule has 1 aromatic rings. The van der Waals surface area contributed by atoms with Crippen molar-refractivity contribution in [2.24, 2.45) is 11.7 Å². The van der Waals surface area contributed by atoms with E-state index in [0.29, 0.717) is 10.4 Å². The van der Waals surface area contributed by atoms with Crippen LogP contribution >= 0.6 is 28.3 Å². The van der Waals surface area contributed by atoms with Gasteiger partial charge in [0, 0.05) is 12.1 Å². The molecule has 0 saturated heterocycles. The van der Waals surface area contributed by atoms with Crippen molar-refractivity contribution in [2.45, 2.75) is 26.3 Å². The van der Waals surface area contributed by atoms with Gasteiger partial charge in [-0.05, 0) is 39.9 Å². The van der Waals surface area contributed by atoms with E-state index in [1.807, 2.05) is 6.07 Å². The lowest BCUT2D eigenvalue weighted by molar-refractivity contribution is -0.385. The third-order valence-corrected chi connectivity index (χ3v) is 2.99. The summed E-state index contributed by atoms with van der Waals surface area (Å²) in [6.45, 7) is 4.15. The molecule has 1 aromatic carbocycles. The van der Waals surface area contributed by atoms with E-state index in [4.69, 9.17) is 5.73 Å². The summed E-state index contributed by atoms with van der Waals surface area (Å²) in [4.78, 5) is 10.3. The molecule has 0 saturated carbocycles. The molecule has 0 bridgehead atoms. The maximum atomic E-state index is 10.8. The number of hydrogen-bond acceptors (Lipinski definition) is 3. The number of benzene rings is 1. The van der Waals surface area contributed by atoms with Gasteiger partial charge < -0.3 is 5.73 Å². The third-order valence-electron chi connectivity index (χ3n) is 2.32. The van der Waals surface area contributed by atoms with Crippen LogP contribution in [0.2, 0.25) is 0 Å². The molecule has 0 fully saturated rings. The summed E-state index contributed by atoms with van der Waals surface area (Å²) in [5.41, 5.74) is 6.85. The van der Waals surface area contributed by atoms with Crippen molar-refractivity contribution in [1.82, 2.24) is 0 Å². The van der Waals surface area contributed by atoms with E-state index in [0.717, 1.165) is 12.0 Å². The largest absolute Gasteiger partial charge is 0.324 e. The van der Waals surface area contributed by atoms with Gasteiger partial charge in [0.2, 0.25) is 0 Å². The van der Waals surface area contributed by atoms with Gasteiger partial charge in [0.25, 0.3) is 5.69 Å². The maximum absolute atomic E-state index is 10.8. The second-order valence-corrected chi connectivity index (χ2v) is 5.06. The monoisotopic (exact) mass is 322 g/mol. The second-order valence-electron chi connectivity index (χ2n) is 4.20. The van der Waals surface area contributed by atoms with Crippen LogP contribution in [-0.4, -0.2) is 4.92 Å². The number of nitrogens with two attached hydrogens (primary N) is 1. The fourth-order valence-electron chi connectivity index (χ4n) is 1.54. The highest BCUT2D eigenvalue weighted by Gasteiger charge is 2.16. The van der Waals surface area contributed by atoms with E-state index >= 15 is 0 Å². The van der Waals surface area contributed by atoms with Gasteiger partial charge in [0.15, 0.2) is 0 Å². The lowest BCUT2D eigenvalue weighted by atomic mass is 9.97. The molecule has 0 radical (unpaired) electrons. The smallest absolute Gasteiger partial charge is 0.283 e. The summed E-state index contributed by atoms with van der Waals surface area (Å²) in [6.07, 6.45) is 0.818. The van der Waals surface area contributed by atoms with Gasteiger partial charge in [-0.1, -0.05) is 19.9 Å². The van der Waals surface area contributed by atoms with Crippen molar-refractivity contribution in [1.29, 1.82) is 0 Å². The average Bonchev–Trinajstić information content (AvgIpc) is 2.16. The van der Waals surface area contributed by atoms with Crippen molar-refractivity contribution in [3.05, 3.63) is 38.3 Å². The van der Waals surface area contributed by atoms with Crippen LogP contribution in [-0.2, 0) is 0 Å². The Balaban J connectivity index is 0.00000256. The minimum absolute atomic E-state index is 0. The molecule has 0 heterocycles. The Morgan fingerprint density at radius 3 is 2.53 bits per heavy atom. The zero-order valence-corrected chi connectivity index (χ0v) is 12.1. The summed E-state index contributed by atoms with van der Waals surface area (Å²) in [6, 6.07) is 4.89. The van der Waals surface area contributed by atoms with Crippen molar-refractivity contribution < 1.29 is 4.92 Å². The Labute approximate surface area is 115 Å². The van der Waals surface area contributed by atoms with Gasteiger partial charge in [-0.3, -0.25) is 10.1 Å². The van der Waals surface area contributed by atoms with Gasteiger partial charge in [-0.2, -0.15) is 0 Å². The van der Waals surface area contributed by atoms with E-state index < -0.39 is 4.92 Å². The first-order valence-electron chi connectivity index (χ1n) is 5.11. The van der Waals surface area contributed by atoms with Crippen LogP contribution in [0.25, 0.3) is 0 Å². The standard InChI is InChI=1S/C11H15BrN2O2.ClH/c1-7(2)5-10(13)8-3-4-9(12)11(6-8)14(15)16;/h3-4,6-7,10H,5,13H2,1-2H3;1H/t10-;/m0./s1. The zero-order chi connectivity index (χ0) is 12.3. The fraction of sp³-hybridized carbons (Fsp3) is 0.455. The predicted octanol–water partition coefficient (Wildman–Crippen LogP) is 3.83. The highest BCUT2D eigenvalue weighted by molar-refractivity contribution is 9.10. The van der Waals surface area contributed by atoms with E-state index in [9.17, 15) is 10.1 Å². The second kappa shape index (κ2) is 6.93. The number of hydrogen-bond donors (Lipinski definition) is 1. The Hall–Kier alpha value is -0.650. The van der Waals surface area contributed by atoms with Crippen molar-refractivity contribution in [3.8, 4) is 0 Å². The van der Waals surface area contributed by atoms with Crippen LogP contribution in [0, 0.1) is 16.0 Å². The molecule has 4 nitrogen and oxygen atoms in total. The summed E-state index contributed by atoms with van der Waals surface area (Å²) in [5, 5.41) is 10.8. The molecule has 1 atom stereocenters. The summed E-state index contributed by atoms with van der Waals surface area (Å²) in [7, 11) is 0. The SMILES string of the molecule is CC(C)C[C@H](N)c1ccc(Br)c([N+](=O)[O-])c1.Cl. The van der Waals surface area contributed by atoms with E-state index in [-0.39, 0.29) is 24.1 Å². The zero-order valence-electron chi connectivity index (χ0n) is 9.72. The van der Waals surface area contributed by atoms with Crippen LogP contribution in [0.1, 0.15) is 31.9 Å². The summed E-state index contributed by atoms with van der Waals surface area (Å²) >= 11 is 3.15. The average molecular weight is 324 g/mol. The lowest BCUT2D eigenvalue weighted by Gasteiger charge is -2.14. The Kier molecular flexibility index (Phi) is 6.67. The first kappa shape index (κ1) is 16.4. The first-order chi connectivity index (χ1) is 7.41. The molecule has 0 amide bonds. The van der Waals surface area contributed by atoms with Gasteiger partial charge in [0.05, 0.1) is 9.40 Å². The van der Waals surface area contributed by atoms with Crippen LogP contribution in [0.3, 0.4) is 0 Å². The van der Waals surface area contributed by atoms with E-state index in [2.05, 4.69) is 29.8 Å². The summed E-state index contributed by atoms with van der Waals surface area (Å²) in [5.74, 6) is 0.470. The third kappa shape index (κ3) is 4.61. The molecule has 0 aromatic heterocycles. The molecule has 96 valence electrons. The van der Waals surface area contributed by atoms with Gasteiger partial charge >= 0.3 is 0 Å². The number of rotatable bonds is 4. The molecule has 0 aliphatic rings. The molecule has 0 aliphatic carbocycles. The normalized spacial score (nSPS) is 12.1. The number of nitrogens with zero attached hydrogens (tertiary/aromatic N) is 1. The highest BCUT2D eigenvalue weighted by Crippen LogP contribution is 2.29. The molecule has 6 heteroatoms. The van der Waals surface area contributed by atoms with E-state index in [1.54, 1.807) is 6.07 Å². The number of nitro benzene ring substituents is 1. The Morgan fingerprint density at radius 2 is 2.06 bits per heavy atom. The van der Waals surface area contributed by atoms with Gasteiger partial charge in [-0.15, -0.1) is 12.4 Å². The number of halogens is 2. The Bertz CT molecular complexity index is 399. The highest BCUT2D eigenvalue weighted by atomic mass is 79.9. The molecule has 17 heavy (non-hydrogen) atoms. The summed E-state index contributed by atoms with van der Waals surface area (Å²) < 4.78 is 0.484. The van der Waals surface area contributed by atoms with E-state index in [1.165, 1.54) is 6.07 Å². The lowest BCUT2D eigenvalue weighted by Crippen LogP contribution is -2.13. The van der Waals surface area contributed by atoms with Gasteiger partial charge in [0.1, 0.15) is 0 Å². The topological polar surface area (TPSA) is 69.2 Å². The molecule has 0 aliphatic heterocycles. The van der Waals surface area contributed by atoms with Crippen LogP contribution in [0.5, 0.6) is 0 Å². The Morgan fingerprint density at radius 1 is 1.47 bits per heavy atom. The van der Waals surface area contributed by atoms with Crippen LogP contribution in [0.4, 0.5) is 5.69 Å². The van der Waals surface area contributed by atoms with Crippen molar-refractivity contribution in [2.75, 3.05) is 0 Å². The van der Waals surface area contributed by atoms with Crippen molar-refractivity contribution >= 4 is 34.0 Å².